The van der Waals surface area contributed by atoms with E-state index in [0.717, 1.165) is 25.7 Å². The summed E-state index contributed by atoms with van der Waals surface area (Å²) < 4.78 is 13.8. The zero-order valence-electron chi connectivity index (χ0n) is 16.3. The summed E-state index contributed by atoms with van der Waals surface area (Å²) in [7, 11) is 0. The summed E-state index contributed by atoms with van der Waals surface area (Å²) in [6.45, 7) is 12.4. The van der Waals surface area contributed by atoms with Crippen LogP contribution in [-0.2, 0) is 28.6 Å². The number of esters is 3. The highest BCUT2D eigenvalue weighted by Crippen LogP contribution is 1.99. The van der Waals surface area contributed by atoms with Gasteiger partial charge in [0.25, 0.3) is 0 Å². The lowest BCUT2D eigenvalue weighted by Crippen LogP contribution is -2.02. The highest BCUT2D eigenvalue weighted by molar-refractivity contribution is 5.69. The number of hydrogen-bond acceptors (Lipinski definition) is 6. The third-order valence-corrected chi connectivity index (χ3v) is 2.40. The van der Waals surface area contributed by atoms with Gasteiger partial charge in [-0.25, -0.2) is 0 Å². The van der Waals surface area contributed by atoms with Gasteiger partial charge in [-0.05, 0) is 33.6 Å². The van der Waals surface area contributed by atoms with Gasteiger partial charge in [0, 0.05) is 19.8 Å². The van der Waals surface area contributed by atoms with Crippen LogP contribution in [0.4, 0.5) is 0 Å². The Morgan fingerprint density at radius 2 is 1.08 bits per heavy atom. The fourth-order valence-corrected chi connectivity index (χ4v) is 1.39. The van der Waals surface area contributed by atoms with E-state index in [9.17, 15) is 14.4 Å². The zero-order chi connectivity index (χ0) is 19.2. The van der Waals surface area contributed by atoms with Gasteiger partial charge in [0.1, 0.15) is 0 Å². The smallest absolute Gasteiger partial charge is 0.305 e. The van der Waals surface area contributed by atoms with Crippen LogP contribution in [0.15, 0.2) is 0 Å². The predicted octanol–water partition coefficient (Wildman–Crippen LogP) is 4.05. The van der Waals surface area contributed by atoms with E-state index in [1.54, 1.807) is 6.92 Å². The SMILES string of the molecule is CCCC(=O)OCC.CCCCCC(=O)OCC.CCOC(C)=O. The van der Waals surface area contributed by atoms with E-state index in [4.69, 9.17) is 4.74 Å². The van der Waals surface area contributed by atoms with Crippen molar-refractivity contribution >= 4 is 17.9 Å². The average Bonchev–Trinajstić information content (AvgIpc) is 2.49. The van der Waals surface area contributed by atoms with Crippen LogP contribution >= 0.6 is 0 Å². The molecular formula is C18H36O6. The predicted molar refractivity (Wildman–Crippen MR) is 94.6 cm³/mol. The molecule has 0 N–H and O–H groups in total. The van der Waals surface area contributed by atoms with Crippen molar-refractivity contribution in [1.82, 2.24) is 0 Å². The van der Waals surface area contributed by atoms with E-state index in [0.29, 0.717) is 32.7 Å². The Balaban J connectivity index is -0.000000285. The number of carbonyl (C=O) groups is 3. The molecule has 144 valence electrons. The van der Waals surface area contributed by atoms with Gasteiger partial charge in [-0.3, -0.25) is 14.4 Å². The summed E-state index contributed by atoms with van der Waals surface area (Å²) in [4.78, 5) is 30.9. The third kappa shape index (κ3) is 32.4. The van der Waals surface area contributed by atoms with E-state index in [1.165, 1.54) is 6.92 Å². The lowest BCUT2D eigenvalue weighted by Gasteiger charge is -1.99. The van der Waals surface area contributed by atoms with E-state index >= 15 is 0 Å². The third-order valence-electron chi connectivity index (χ3n) is 2.40. The number of carbonyl (C=O) groups excluding carboxylic acids is 3. The van der Waals surface area contributed by atoms with Crippen LogP contribution in [0.1, 0.15) is 80.1 Å². The molecule has 6 nitrogen and oxygen atoms in total. The lowest BCUT2D eigenvalue weighted by atomic mass is 10.2. The molecule has 0 rings (SSSR count). The van der Waals surface area contributed by atoms with Gasteiger partial charge in [0.2, 0.25) is 0 Å². The first-order valence-corrected chi connectivity index (χ1v) is 8.83. The van der Waals surface area contributed by atoms with Crippen molar-refractivity contribution in [2.45, 2.75) is 80.1 Å². The molecule has 0 bridgehead atoms. The van der Waals surface area contributed by atoms with Crippen molar-refractivity contribution in [3.05, 3.63) is 0 Å². The van der Waals surface area contributed by atoms with E-state index in [-0.39, 0.29) is 17.9 Å². The van der Waals surface area contributed by atoms with Gasteiger partial charge < -0.3 is 14.2 Å². The Morgan fingerprint density at radius 1 is 0.625 bits per heavy atom. The second-order valence-corrected chi connectivity index (χ2v) is 4.74. The maximum Gasteiger partial charge on any atom is 0.305 e. The first kappa shape index (κ1) is 27.3. The molecule has 0 radical (unpaired) electrons. The van der Waals surface area contributed by atoms with Crippen LogP contribution < -0.4 is 0 Å². The summed E-state index contributed by atoms with van der Waals surface area (Å²) in [6.07, 6.45) is 5.25. The van der Waals surface area contributed by atoms with Gasteiger partial charge in [0.05, 0.1) is 19.8 Å². The van der Waals surface area contributed by atoms with E-state index < -0.39 is 0 Å². The maximum atomic E-state index is 10.7. The van der Waals surface area contributed by atoms with Crippen LogP contribution in [0.2, 0.25) is 0 Å². The quantitative estimate of drug-likeness (QED) is 0.355. The van der Waals surface area contributed by atoms with Crippen molar-refractivity contribution in [2.75, 3.05) is 19.8 Å². The van der Waals surface area contributed by atoms with E-state index in [1.807, 2.05) is 20.8 Å². The summed E-state index contributed by atoms with van der Waals surface area (Å²) in [5.41, 5.74) is 0. The summed E-state index contributed by atoms with van der Waals surface area (Å²) >= 11 is 0. The molecule has 0 saturated heterocycles. The molecule has 0 atom stereocenters. The molecule has 0 spiro atoms. The molecule has 0 aliphatic heterocycles. The molecule has 6 heteroatoms. The van der Waals surface area contributed by atoms with Crippen LogP contribution in [0, 0.1) is 0 Å². The molecule has 0 aromatic rings. The molecule has 0 amide bonds. The standard InChI is InChI=1S/C8H16O2.C6H12O2.C4H8O2/c1-3-5-6-7-8(9)10-4-2;1-3-5-6(7)8-4-2;1-3-6-4(2)5/h3-7H2,1-2H3;3-5H2,1-2H3;3H2,1-2H3. The molecule has 0 aliphatic rings. The van der Waals surface area contributed by atoms with Crippen LogP contribution in [0.5, 0.6) is 0 Å². The summed E-state index contributed by atoms with van der Waals surface area (Å²) in [5.74, 6) is -0.358. The molecule has 24 heavy (non-hydrogen) atoms. The second kappa shape index (κ2) is 23.7. The molecule has 0 aromatic heterocycles. The van der Waals surface area contributed by atoms with Crippen molar-refractivity contribution in [3.63, 3.8) is 0 Å². The van der Waals surface area contributed by atoms with E-state index in [2.05, 4.69) is 16.4 Å². The van der Waals surface area contributed by atoms with Gasteiger partial charge in [-0.15, -0.1) is 0 Å². The number of unbranched alkanes of at least 4 members (excludes halogenated alkanes) is 2. The van der Waals surface area contributed by atoms with Crippen molar-refractivity contribution in [1.29, 1.82) is 0 Å². The summed E-state index contributed by atoms with van der Waals surface area (Å²) in [5, 5.41) is 0. The fraction of sp³-hybridized carbons (Fsp3) is 0.833. The van der Waals surface area contributed by atoms with Crippen LogP contribution in [-0.4, -0.2) is 37.7 Å². The summed E-state index contributed by atoms with van der Waals surface area (Å²) in [6, 6.07) is 0. The molecular weight excluding hydrogens is 312 g/mol. The molecule has 0 fully saturated rings. The molecule has 0 saturated carbocycles. The van der Waals surface area contributed by atoms with Crippen molar-refractivity contribution < 1.29 is 28.6 Å². The van der Waals surface area contributed by atoms with Gasteiger partial charge in [0.15, 0.2) is 0 Å². The lowest BCUT2D eigenvalue weighted by molar-refractivity contribution is -0.144. The Kier molecular flexibility index (Phi) is 26.9. The number of ether oxygens (including phenoxy) is 3. The molecule has 0 heterocycles. The van der Waals surface area contributed by atoms with Crippen LogP contribution in [0.25, 0.3) is 0 Å². The maximum absolute atomic E-state index is 10.7. The highest BCUT2D eigenvalue weighted by Gasteiger charge is 1.98. The Bertz CT molecular complexity index is 294. The Labute approximate surface area is 147 Å². The minimum Gasteiger partial charge on any atom is -0.466 e. The monoisotopic (exact) mass is 348 g/mol. The van der Waals surface area contributed by atoms with Crippen molar-refractivity contribution in [2.24, 2.45) is 0 Å². The Morgan fingerprint density at radius 3 is 1.38 bits per heavy atom. The number of rotatable bonds is 9. The van der Waals surface area contributed by atoms with Crippen LogP contribution in [0.3, 0.4) is 0 Å². The first-order valence-electron chi connectivity index (χ1n) is 8.83. The largest absolute Gasteiger partial charge is 0.466 e. The van der Waals surface area contributed by atoms with Crippen molar-refractivity contribution in [3.8, 4) is 0 Å². The minimum atomic E-state index is -0.211. The average molecular weight is 348 g/mol. The number of hydrogen-bond donors (Lipinski definition) is 0. The van der Waals surface area contributed by atoms with Gasteiger partial charge in [-0.2, -0.15) is 0 Å². The molecule has 0 aliphatic carbocycles. The Hall–Kier alpha value is -1.59. The highest BCUT2D eigenvalue weighted by atomic mass is 16.5. The first-order chi connectivity index (χ1) is 11.4. The second-order valence-electron chi connectivity index (χ2n) is 4.74. The van der Waals surface area contributed by atoms with Gasteiger partial charge >= 0.3 is 17.9 Å². The molecule has 0 unspecified atom stereocenters. The minimum absolute atomic E-state index is 0.0593. The zero-order valence-corrected chi connectivity index (χ0v) is 16.3. The fourth-order valence-electron chi connectivity index (χ4n) is 1.39. The topological polar surface area (TPSA) is 78.9 Å². The van der Waals surface area contributed by atoms with Gasteiger partial charge in [-0.1, -0.05) is 26.7 Å². The molecule has 0 aromatic carbocycles. The normalized spacial score (nSPS) is 8.75.